The van der Waals surface area contributed by atoms with Gasteiger partial charge in [-0.1, -0.05) is 6.07 Å². The third-order valence-electron chi connectivity index (χ3n) is 3.89. The number of benzene rings is 2. The first kappa shape index (κ1) is 21.4. The van der Waals surface area contributed by atoms with Gasteiger partial charge in [-0.05, 0) is 36.8 Å². The van der Waals surface area contributed by atoms with Gasteiger partial charge in [0, 0.05) is 17.2 Å². The molecule has 0 fully saturated rings. The quantitative estimate of drug-likeness (QED) is 0.394. The largest absolute Gasteiger partial charge is 0.493 e. The molecule has 29 heavy (non-hydrogen) atoms. The predicted molar refractivity (Wildman–Crippen MR) is 105 cm³/mol. The first-order valence-electron chi connectivity index (χ1n) is 8.43. The highest BCUT2D eigenvalue weighted by atomic mass is 16.6. The van der Waals surface area contributed by atoms with E-state index in [1.54, 1.807) is 25.1 Å². The van der Waals surface area contributed by atoms with E-state index in [1.165, 1.54) is 32.6 Å². The number of hydrazone groups is 1. The number of nitrogens with zero attached hydrogens (tertiary/aromatic N) is 2. The SMILES string of the molecule is COc1ccc(/C=N/NC(=O)CNC(=O)c2ccc(C)c([N+](=O)[O-])c2)cc1OC. The Morgan fingerprint density at radius 3 is 2.52 bits per heavy atom. The van der Waals surface area contributed by atoms with Crippen molar-refractivity contribution in [1.29, 1.82) is 0 Å². The first-order valence-corrected chi connectivity index (χ1v) is 8.43. The van der Waals surface area contributed by atoms with Crippen molar-refractivity contribution >= 4 is 23.7 Å². The van der Waals surface area contributed by atoms with E-state index in [4.69, 9.17) is 9.47 Å². The van der Waals surface area contributed by atoms with Crippen LogP contribution in [0.2, 0.25) is 0 Å². The van der Waals surface area contributed by atoms with E-state index < -0.39 is 16.7 Å². The average molecular weight is 400 g/mol. The second kappa shape index (κ2) is 9.83. The van der Waals surface area contributed by atoms with Crippen LogP contribution in [0.25, 0.3) is 0 Å². The minimum Gasteiger partial charge on any atom is -0.493 e. The summed E-state index contributed by atoms with van der Waals surface area (Å²) in [6.45, 7) is 1.23. The average Bonchev–Trinajstić information content (AvgIpc) is 2.71. The maximum absolute atomic E-state index is 12.1. The fourth-order valence-electron chi connectivity index (χ4n) is 2.36. The molecule has 2 N–H and O–H groups in total. The number of amides is 2. The standard InChI is InChI=1S/C19H20N4O6/c1-12-4-6-14(9-15(12)23(26)27)19(25)20-11-18(24)22-21-10-13-5-7-16(28-2)17(8-13)29-3/h4-10H,11H2,1-3H3,(H,20,25)(H,22,24)/b21-10+. The molecule has 0 aromatic heterocycles. The number of hydrogen-bond donors (Lipinski definition) is 2. The molecule has 0 aliphatic rings. The van der Waals surface area contributed by atoms with E-state index in [-0.39, 0.29) is 17.8 Å². The molecular weight excluding hydrogens is 380 g/mol. The molecule has 2 aromatic rings. The molecule has 2 rings (SSSR count). The van der Waals surface area contributed by atoms with E-state index >= 15 is 0 Å². The van der Waals surface area contributed by atoms with Crippen LogP contribution in [0.1, 0.15) is 21.5 Å². The molecule has 0 radical (unpaired) electrons. The molecule has 0 spiro atoms. The van der Waals surface area contributed by atoms with Crippen LogP contribution in [0.4, 0.5) is 5.69 Å². The number of methoxy groups -OCH3 is 2. The number of hydrogen-bond acceptors (Lipinski definition) is 7. The van der Waals surface area contributed by atoms with Crippen LogP contribution >= 0.6 is 0 Å². The lowest BCUT2D eigenvalue weighted by molar-refractivity contribution is -0.385. The molecule has 10 nitrogen and oxygen atoms in total. The summed E-state index contributed by atoms with van der Waals surface area (Å²) in [5.41, 5.74) is 3.30. The lowest BCUT2D eigenvalue weighted by Gasteiger charge is -2.07. The summed E-state index contributed by atoms with van der Waals surface area (Å²) < 4.78 is 10.3. The van der Waals surface area contributed by atoms with Gasteiger partial charge in [0.2, 0.25) is 0 Å². The summed E-state index contributed by atoms with van der Waals surface area (Å²) in [7, 11) is 3.03. The molecule has 2 amide bonds. The monoisotopic (exact) mass is 400 g/mol. The Bertz CT molecular complexity index is 958. The van der Waals surface area contributed by atoms with E-state index in [0.717, 1.165) is 6.07 Å². The third-order valence-corrected chi connectivity index (χ3v) is 3.89. The van der Waals surface area contributed by atoms with Gasteiger partial charge < -0.3 is 14.8 Å². The molecule has 0 bridgehead atoms. The van der Waals surface area contributed by atoms with Crippen LogP contribution in [0.15, 0.2) is 41.5 Å². The zero-order valence-electron chi connectivity index (χ0n) is 16.1. The number of nitro groups is 1. The van der Waals surface area contributed by atoms with Gasteiger partial charge in [0.25, 0.3) is 17.5 Å². The van der Waals surface area contributed by atoms with Crippen molar-refractivity contribution < 1.29 is 24.0 Å². The normalized spacial score (nSPS) is 10.4. The number of nitrogens with one attached hydrogen (secondary N) is 2. The van der Waals surface area contributed by atoms with Crippen molar-refractivity contribution in [2.45, 2.75) is 6.92 Å². The molecule has 0 aliphatic heterocycles. The molecule has 0 unspecified atom stereocenters. The number of carbonyl (C=O) groups excluding carboxylic acids is 2. The molecular formula is C19H20N4O6. The Morgan fingerprint density at radius 2 is 1.86 bits per heavy atom. The number of aryl methyl sites for hydroxylation is 1. The molecule has 0 aliphatic carbocycles. The molecule has 0 saturated carbocycles. The minimum absolute atomic E-state index is 0.0870. The summed E-state index contributed by atoms with van der Waals surface area (Å²) in [6.07, 6.45) is 1.41. The Hall–Kier alpha value is -3.95. The number of carbonyl (C=O) groups is 2. The van der Waals surface area contributed by atoms with Crippen molar-refractivity contribution in [2.24, 2.45) is 5.10 Å². The first-order chi connectivity index (χ1) is 13.8. The van der Waals surface area contributed by atoms with E-state index in [0.29, 0.717) is 22.6 Å². The summed E-state index contributed by atoms with van der Waals surface area (Å²) in [4.78, 5) is 34.3. The summed E-state index contributed by atoms with van der Waals surface area (Å²) in [6, 6.07) is 9.19. The predicted octanol–water partition coefficient (Wildman–Crippen LogP) is 1.80. The van der Waals surface area contributed by atoms with Gasteiger partial charge in [-0.25, -0.2) is 5.43 Å². The van der Waals surface area contributed by atoms with Crippen LogP contribution in [0.3, 0.4) is 0 Å². The third kappa shape index (κ3) is 5.76. The number of ether oxygens (including phenoxy) is 2. The lowest BCUT2D eigenvalue weighted by atomic mass is 10.1. The maximum Gasteiger partial charge on any atom is 0.273 e. The van der Waals surface area contributed by atoms with Crippen molar-refractivity contribution in [3.63, 3.8) is 0 Å². The Labute approximate surface area is 166 Å². The fraction of sp³-hybridized carbons (Fsp3) is 0.211. The molecule has 0 atom stereocenters. The van der Waals surface area contributed by atoms with Gasteiger partial charge in [0.05, 0.1) is 31.9 Å². The highest BCUT2D eigenvalue weighted by Crippen LogP contribution is 2.26. The van der Waals surface area contributed by atoms with Crippen LogP contribution in [-0.4, -0.2) is 43.7 Å². The highest BCUT2D eigenvalue weighted by Gasteiger charge is 2.15. The summed E-state index contributed by atoms with van der Waals surface area (Å²) in [5, 5.41) is 17.1. The van der Waals surface area contributed by atoms with Crippen molar-refractivity contribution in [1.82, 2.24) is 10.7 Å². The van der Waals surface area contributed by atoms with Crippen LogP contribution in [0, 0.1) is 17.0 Å². The van der Waals surface area contributed by atoms with Crippen LogP contribution in [-0.2, 0) is 4.79 Å². The number of nitro benzene ring substituents is 1. The van der Waals surface area contributed by atoms with Crippen molar-refractivity contribution in [3.05, 3.63) is 63.2 Å². The van der Waals surface area contributed by atoms with Gasteiger partial charge in [0.1, 0.15) is 0 Å². The lowest BCUT2D eigenvalue weighted by Crippen LogP contribution is -2.34. The molecule has 0 saturated heterocycles. The van der Waals surface area contributed by atoms with E-state index in [9.17, 15) is 19.7 Å². The molecule has 10 heteroatoms. The summed E-state index contributed by atoms with van der Waals surface area (Å²) >= 11 is 0. The zero-order chi connectivity index (χ0) is 21.4. The van der Waals surface area contributed by atoms with Gasteiger partial charge in [0.15, 0.2) is 11.5 Å². The Balaban J connectivity index is 1.90. The molecule has 152 valence electrons. The fourth-order valence-corrected chi connectivity index (χ4v) is 2.36. The van der Waals surface area contributed by atoms with Crippen molar-refractivity contribution in [2.75, 3.05) is 20.8 Å². The van der Waals surface area contributed by atoms with Gasteiger partial charge >= 0.3 is 0 Å². The second-order valence-corrected chi connectivity index (χ2v) is 5.85. The summed E-state index contributed by atoms with van der Waals surface area (Å²) in [5.74, 6) is -0.0845. The van der Waals surface area contributed by atoms with E-state index in [1.807, 2.05) is 0 Å². The topological polar surface area (TPSA) is 132 Å². The van der Waals surface area contributed by atoms with Crippen LogP contribution < -0.4 is 20.2 Å². The minimum atomic E-state index is -0.605. The Kier molecular flexibility index (Phi) is 7.24. The van der Waals surface area contributed by atoms with Gasteiger partial charge in [-0.2, -0.15) is 5.10 Å². The zero-order valence-corrected chi connectivity index (χ0v) is 16.1. The Morgan fingerprint density at radius 1 is 1.14 bits per heavy atom. The molecule has 0 heterocycles. The highest BCUT2D eigenvalue weighted by molar-refractivity contribution is 5.97. The van der Waals surface area contributed by atoms with Gasteiger partial charge in [-0.3, -0.25) is 19.7 Å². The second-order valence-electron chi connectivity index (χ2n) is 5.85. The molecule has 2 aromatic carbocycles. The van der Waals surface area contributed by atoms with Crippen molar-refractivity contribution in [3.8, 4) is 11.5 Å². The van der Waals surface area contributed by atoms with Gasteiger partial charge in [-0.15, -0.1) is 0 Å². The smallest absolute Gasteiger partial charge is 0.273 e. The maximum atomic E-state index is 12.1. The van der Waals surface area contributed by atoms with E-state index in [2.05, 4.69) is 15.8 Å². The van der Waals surface area contributed by atoms with Crippen LogP contribution in [0.5, 0.6) is 11.5 Å². The number of rotatable bonds is 8.